The fourth-order valence-corrected chi connectivity index (χ4v) is 3.95. The molecule has 0 radical (unpaired) electrons. The van der Waals surface area contributed by atoms with Gasteiger partial charge in [0.1, 0.15) is 17.7 Å². The van der Waals surface area contributed by atoms with Crippen LogP contribution in [0, 0.1) is 6.92 Å². The van der Waals surface area contributed by atoms with Crippen LogP contribution in [-0.2, 0) is 6.54 Å². The Hall–Kier alpha value is -2.97. The van der Waals surface area contributed by atoms with Crippen LogP contribution in [0.4, 0.5) is 5.95 Å². The Morgan fingerprint density at radius 3 is 2.71 bits per heavy atom. The number of aromatic nitrogens is 3. The summed E-state index contributed by atoms with van der Waals surface area (Å²) in [7, 11) is 2.17. The number of nitrogens with one attached hydrogen (secondary N) is 1. The molecule has 0 spiro atoms. The van der Waals surface area contributed by atoms with Crippen LogP contribution in [0.15, 0.2) is 30.3 Å². The lowest BCUT2D eigenvalue weighted by Gasteiger charge is -2.32. The lowest BCUT2D eigenvalue weighted by Crippen LogP contribution is -2.44. The van der Waals surface area contributed by atoms with Crippen molar-refractivity contribution in [3.05, 3.63) is 47.3 Å². The predicted octanol–water partition coefficient (Wildman–Crippen LogP) is 2.36. The Bertz CT molecular complexity index is 1060. The van der Waals surface area contributed by atoms with Crippen molar-refractivity contribution in [1.29, 1.82) is 0 Å². The minimum absolute atomic E-state index is 0.153. The molecule has 3 aromatic rings. The molecule has 3 heterocycles. The number of fused-ring (bicyclic) bond motifs is 1. The van der Waals surface area contributed by atoms with Crippen molar-refractivity contribution >= 4 is 23.3 Å². The zero-order valence-corrected chi connectivity index (χ0v) is 18.2. The van der Waals surface area contributed by atoms with Gasteiger partial charge in [-0.15, -0.1) is 0 Å². The average Bonchev–Trinajstić information content (AvgIpc) is 3.11. The summed E-state index contributed by atoms with van der Waals surface area (Å²) in [6, 6.07) is 8.90. The summed E-state index contributed by atoms with van der Waals surface area (Å²) >= 11 is 0. The minimum Gasteiger partial charge on any atom is -0.506 e. The monoisotopic (exact) mass is 422 g/mol. The van der Waals surface area contributed by atoms with Crippen molar-refractivity contribution < 1.29 is 9.90 Å². The Kier molecular flexibility index (Phi) is 6.48. The highest BCUT2D eigenvalue weighted by atomic mass is 16.3. The molecule has 4 rings (SSSR count). The van der Waals surface area contributed by atoms with Gasteiger partial charge in [-0.1, -0.05) is 0 Å². The van der Waals surface area contributed by atoms with E-state index >= 15 is 0 Å². The molecule has 1 aliphatic heterocycles. The van der Waals surface area contributed by atoms with E-state index in [0.29, 0.717) is 17.8 Å². The van der Waals surface area contributed by atoms with E-state index in [-0.39, 0.29) is 5.75 Å². The number of hydrogen-bond donors (Lipinski definition) is 2. The number of benzene rings is 1. The molecule has 8 nitrogen and oxygen atoms in total. The number of aldehydes is 1. The molecule has 0 unspecified atom stereocenters. The van der Waals surface area contributed by atoms with Crippen molar-refractivity contribution in [1.82, 2.24) is 24.3 Å². The zero-order valence-electron chi connectivity index (χ0n) is 18.2. The van der Waals surface area contributed by atoms with Gasteiger partial charge in [0.05, 0.1) is 17.6 Å². The van der Waals surface area contributed by atoms with Crippen LogP contribution in [-0.4, -0.2) is 82.0 Å². The topological polar surface area (TPSA) is 86.5 Å². The van der Waals surface area contributed by atoms with Crippen LogP contribution < -0.4 is 5.32 Å². The van der Waals surface area contributed by atoms with Crippen LogP contribution in [0.2, 0.25) is 0 Å². The molecule has 31 heavy (non-hydrogen) atoms. The first-order valence-corrected chi connectivity index (χ1v) is 10.8. The number of piperazine rings is 1. The van der Waals surface area contributed by atoms with Crippen molar-refractivity contribution in [3.8, 4) is 5.75 Å². The molecule has 1 aliphatic rings. The molecule has 1 aromatic carbocycles. The maximum absolute atomic E-state index is 11.3. The fraction of sp³-hybridized carbons (Fsp3) is 0.435. The number of pyridine rings is 1. The molecule has 164 valence electrons. The van der Waals surface area contributed by atoms with Gasteiger partial charge in [-0.25, -0.2) is 4.98 Å². The lowest BCUT2D eigenvalue weighted by molar-refractivity contribution is 0.112. The molecule has 1 saturated heterocycles. The second-order valence-electron chi connectivity index (χ2n) is 8.23. The van der Waals surface area contributed by atoms with Gasteiger partial charge >= 0.3 is 0 Å². The van der Waals surface area contributed by atoms with Crippen molar-refractivity contribution in [2.24, 2.45) is 0 Å². The number of aryl methyl sites for hydroxylation is 1. The number of imidazole rings is 1. The highest BCUT2D eigenvalue weighted by Crippen LogP contribution is 2.25. The van der Waals surface area contributed by atoms with Crippen molar-refractivity contribution in [3.63, 3.8) is 0 Å². The maximum Gasteiger partial charge on any atom is 0.204 e. The third kappa shape index (κ3) is 5.03. The van der Waals surface area contributed by atoms with E-state index in [4.69, 9.17) is 4.98 Å². The number of anilines is 1. The van der Waals surface area contributed by atoms with Crippen molar-refractivity contribution in [2.75, 3.05) is 51.6 Å². The largest absolute Gasteiger partial charge is 0.506 e. The van der Waals surface area contributed by atoms with Crippen LogP contribution in [0.1, 0.15) is 28.2 Å². The molecule has 8 heteroatoms. The second-order valence-corrected chi connectivity index (χ2v) is 8.23. The number of carbonyl (C=O) groups is 1. The molecule has 0 bridgehead atoms. The smallest absolute Gasteiger partial charge is 0.204 e. The predicted molar refractivity (Wildman–Crippen MR) is 122 cm³/mol. The SMILES string of the molecule is Cc1ccc(O)c(Cn2c(NCCCN3CCN(C)CC3)nc3ccc(C=O)cc32)n1. The Morgan fingerprint density at radius 2 is 1.94 bits per heavy atom. The van der Waals surface area contributed by atoms with Crippen LogP contribution >= 0.6 is 0 Å². The number of nitrogens with zero attached hydrogens (tertiary/aromatic N) is 5. The summed E-state index contributed by atoms with van der Waals surface area (Å²) < 4.78 is 1.99. The lowest BCUT2D eigenvalue weighted by atomic mass is 10.2. The Morgan fingerprint density at radius 1 is 1.13 bits per heavy atom. The molecule has 2 aromatic heterocycles. The first kappa shape index (κ1) is 21.3. The van der Waals surface area contributed by atoms with Gasteiger partial charge in [0.25, 0.3) is 0 Å². The summed E-state index contributed by atoms with van der Waals surface area (Å²) in [5.74, 6) is 0.874. The number of aromatic hydroxyl groups is 1. The number of carbonyl (C=O) groups excluding carboxylic acids is 1. The molecule has 0 aliphatic carbocycles. The van der Waals surface area contributed by atoms with Gasteiger partial charge in [-0.3, -0.25) is 9.78 Å². The molecule has 0 amide bonds. The van der Waals surface area contributed by atoms with E-state index in [1.807, 2.05) is 23.6 Å². The molecule has 0 atom stereocenters. The molecule has 2 N–H and O–H groups in total. The van der Waals surface area contributed by atoms with E-state index in [0.717, 1.165) is 74.7 Å². The third-order valence-electron chi connectivity index (χ3n) is 5.84. The van der Waals surface area contributed by atoms with Gasteiger partial charge in [-0.05, 0) is 57.3 Å². The van der Waals surface area contributed by atoms with E-state index < -0.39 is 0 Å². The van der Waals surface area contributed by atoms with Gasteiger partial charge in [0.2, 0.25) is 5.95 Å². The quantitative estimate of drug-likeness (QED) is 0.426. The van der Waals surface area contributed by atoms with E-state index in [2.05, 4.69) is 27.1 Å². The standard InChI is InChI=1S/C23H30N6O2/c1-17-4-7-22(31)20(25-17)15-29-21-14-18(16-30)5-6-19(21)26-23(29)24-8-3-9-28-12-10-27(2)11-13-28/h4-7,14,16,31H,3,8-13,15H2,1-2H3,(H,24,26). The van der Waals surface area contributed by atoms with E-state index in [9.17, 15) is 9.90 Å². The van der Waals surface area contributed by atoms with Gasteiger partial charge in [0, 0.05) is 44.0 Å². The first-order chi connectivity index (χ1) is 15.0. The van der Waals surface area contributed by atoms with Crippen molar-refractivity contribution in [2.45, 2.75) is 19.9 Å². The van der Waals surface area contributed by atoms with Crippen LogP contribution in [0.5, 0.6) is 5.75 Å². The molecule has 0 saturated carbocycles. The number of rotatable bonds is 8. The first-order valence-electron chi connectivity index (χ1n) is 10.8. The molecular weight excluding hydrogens is 392 g/mol. The minimum atomic E-state index is 0.153. The average molecular weight is 423 g/mol. The maximum atomic E-state index is 11.3. The summed E-state index contributed by atoms with van der Waals surface area (Å²) in [6.45, 7) is 8.58. The summed E-state index contributed by atoms with van der Waals surface area (Å²) in [5.41, 5.74) is 3.66. The number of likely N-dealkylation sites (N-methyl/N-ethyl adjacent to an activating group) is 1. The molecule has 1 fully saturated rings. The highest BCUT2D eigenvalue weighted by molar-refractivity contribution is 5.86. The Labute approximate surface area is 182 Å². The zero-order chi connectivity index (χ0) is 21.8. The second kappa shape index (κ2) is 9.45. The van der Waals surface area contributed by atoms with Gasteiger partial charge in [0.15, 0.2) is 0 Å². The Balaban J connectivity index is 1.52. The summed E-state index contributed by atoms with van der Waals surface area (Å²) in [5, 5.41) is 13.8. The van der Waals surface area contributed by atoms with Crippen LogP contribution in [0.3, 0.4) is 0 Å². The number of hydrogen-bond acceptors (Lipinski definition) is 7. The summed E-state index contributed by atoms with van der Waals surface area (Å²) in [6.07, 6.45) is 1.85. The summed E-state index contributed by atoms with van der Waals surface area (Å²) in [4.78, 5) is 25.4. The van der Waals surface area contributed by atoms with Gasteiger partial charge < -0.3 is 24.8 Å². The normalized spacial score (nSPS) is 15.4. The van der Waals surface area contributed by atoms with Crippen LogP contribution in [0.25, 0.3) is 11.0 Å². The van der Waals surface area contributed by atoms with E-state index in [1.165, 1.54) is 0 Å². The fourth-order valence-electron chi connectivity index (χ4n) is 3.95. The highest BCUT2D eigenvalue weighted by Gasteiger charge is 2.16. The van der Waals surface area contributed by atoms with Gasteiger partial charge in [-0.2, -0.15) is 0 Å². The third-order valence-corrected chi connectivity index (χ3v) is 5.84. The van der Waals surface area contributed by atoms with E-state index in [1.54, 1.807) is 18.2 Å². The molecular formula is C23H30N6O2.